The first-order chi connectivity index (χ1) is 8.99. The topological polar surface area (TPSA) is 78.9 Å². The second-order valence-electron chi connectivity index (χ2n) is 5.52. The van der Waals surface area contributed by atoms with Crippen LogP contribution in [0.3, 0.4) is 0 Å². The van der Waals surface area contributed by atoms with Gasteiger partial charge in [-0.05, 0) is 6.42 Å². The number of fused-ring (bicyclic) bond motifs is 5. The van der Waals surface area contributed by atoms with E-state index in [0.717, 1.165) is 0 Å². The molecule has 3 rings (SSSR count). The van der Waals surface area contributed by atoms with Gasteiger partial charge in [-0.1, -0.05) is 0 Å². The van der Waals surface area contributed by atoms with Gasteiger partial charge in [0.15, 0.2) is 0 Å². The predicted octanol–water partition coefficient (Wildman–Crippen LogP) is 0.289. The van der Waals surface area contributed by atoms with Gasteiger partial charge in [-0.15, -0.1) is 0 Å². The highest BCUT2D eigenvalue weighted by Gasteiger charge is 2.66. The van der Waals surface area contributed by atoms with E-state index in [1.165, 1.54) is 13.8 Å². The first-order valence-electron chi connectivity index (χ1n) is 6.50. The fourth-order valence-electron chi connectivity index (χ4n) is 4.02. The lowest BCUT2D eigenvalue weighted by atomic mass is 9.80. The van der Waals surface area contributed by atoms with Crippen molar-refractivity contribution in [3.63, 3.8) is 0 Å². The number of esters is 3. The second-order valence-corrected chi connectivity index (χ2v) is 5.52. The van der Waals surface area contributed by atoms with Crippen LogP contribution < -0.4 is 0 Å². The van der Waals surface area contributed by atoms with Gasteiger partial charge in [0, 0.05) is 31.6 Å². The molecule has 1 heterocycles. The summed E-state index contributed by atoms with van der Waals surface area (Å²) in [4.78, 5) is 34.1. The molecule has 6 nitrogen and oxygen atoms in total. The maximum absolute atomic E-state index is 11.7. The number of rotatable bonds is 2. The Morgan fingerprint density at radius 1 is 1.16 bits per heavy atom. The van der Waals surface area contributed by atoms with Crippen LogP contribution in [0.4, 0.5) is 0 Å². The van der Waals surface area contributed by atoms with E-state index in [-0.39, 0.29) is 53.8 Å². The molecular formula is C13H16O6. The third kappa shape index (κ3) is 1.81. The Morgan fingerprint density at radius 2 is 1.84 bits per heavy atom. The zero-order valence-corrected chi connectivity index (χ0v) is 10.8. The van der Waals surface area contributed by atoms with E-state index in [9.17, 15) is 14.4 Å². The molecular weight excluding hydrogens is 252 g/mol. The highest BCUT2D eigenvalue weighted by atomic mass is 16.6. The molecule has 104 valence electrons. The van der Waals surface area contributed by atoms with Crippen molar-refractivity contribution in [2.45, 2.75) is 32.5 Å². The number of carbonyl (C=O) groups is 3. The number of hydrogen-bond donors (Lipinski definition) is 0. The fraction of sp³-hybridized carbons (Fsp3) is 0.769. The Morgan fingerprint density at radius 3 is 2.47 bits per heavy atom. The lowest BCUT2D eigenvalue weighted by Gasteiger charge is -2.27. The molecule has 3 aliphatic rings. The van der Waals surface area contributed by atoms with E-state index < -0.39 is 0 Å². The maximum Gasteiger partial charge on any atom is 0.309 e. The second kappa shape index (κ2) is 4.21. The molecule has 6 atom stereocenters. The van der Waals surface area contributed by atoms with Crippen molar-refractivity contribution < 1.29 is 28.6 Å². The van der Waals surface area contributed by atoms with Crippen LogP contribution in [0.1, 0.15) is 20.3 Å². The summed E-state index contributed by atoms with van der Waals surface area (Å²) in [5.74, 6) is -1.33. The minimum atomic E-state index is -0.364. The number of ether oxygens (including phenoxy) is 3. The minimum absolute atomic E-state index is 0.0000463. The van der Waals surface area contributed by atoms with Gasteiger partial charge in [0.05, 0.1) is 12.5 Å². The van der Waals surface area contributed by atoms with Crippen molar-refractivity contribution in [1.29, 1.82) is 0 Å². The molecule has 2 bridgehead atoms. The smallest absolute Gasteiger partial charge is 0.309 e. The van der Waals surface area contributed by atoms with Crippen molar-refractivity contribution in [3.05, 3.63) is 0 Å². The van der Waals surface area contributed by atoms with Crippen molar-refractivity contribution in [1.82, 2.24) is 0 Å². The fourth-order valence-corrected chi connectivity index (χ4v) is 4.02. The Bertz CT molecular complexity index is 444. The molecule has 19 heavy (non-hydrogen) atoms. The molecule has 1 saturated heterocycles. The first-order valence-corrected chi connectivity index (χ1v) is 6.50. The summed E-state index contributed by atoms with van der Waals surface area (Å²) in [7, 11) is 0. The Hall–Kier alpha value is -1.59. The zero-order valence-electron chi connectivity index (χ0n) is 10.8. The summed E-state index contributed by atoms with van der Waals surface area (Å²) in [6, 6.07) is 0. The largest absolute Gasteiger partial charge is 0.465 e. The van der Waals surface area contributed by atoms with Gasteiger partial charge in [-0.25, -0.2) is 0 Å². The third-order valence-corrected chi connectivity index (χ3v) is 4.46. The van der Waals surface area contributed by atoms with Crippen LogP contribution in [0.15, 0.2) is 0 Å². The average molecular weight is 268 g/mol. The molecule has 0 aromatic carbocycles. The molecule has 6 heteroatoms. The van der Waals surface area contributed by atoms with E-state index in [4.69, 9.17) is 14.2 Å². The summed E-state index contributed by atoms with van der Waals surface area (Å²) in [5, 5.41) is 0. The van der Waals surface area contributed by atoms with Gasteiger partial charge in [-0.2, -0.15) is 0 Å². The predicted molar refractivity (Wildman–Crippen MR) is 60.6 cm³/mol. The monoisotopic (exact) mass is 268 g/mol. The first kappa shape index (κ1) is 12.4. The minimum Gasteiger partial charge on any atom is -0.465 e. The summed E-state index contributed by atoms with van der Waals surface area (Å²) >= 11 is 0. The highest BCUT2D eigenvalue weighted by molar-refractivity contribution is 5.77. The van der Waals surface area contributed by atoms with Crippen LogP contribution in [0, 0.1) is 23.7 Å². The summed E-state index contributed by atoms with van der Waals surface area (Å²) < 4.78 is 15.7. The van der Waals surface area contributed by atoms with Gasteiger partial charge >= 0.3 is 17.9 Å². The standard InChI is InChI=1S/C13H16O6/c1-5(14)18-9-3-7-10-8(4-17-13(10)16)11(9)12(7)19-6(2)15/h7-12H,3-4H2,1-2H3/t7-,8+,9+,10+,11-,12+/m0/s1. The molecule has 0 spiro atoms. The van der Waals surface area contributed by atoms with E-state index in [0.29, 0.717) is 13.0 Å². The molecule has 2 aliphatic carbocycles. The lowest BCUT2D eigenvalue weighted by molar-refractivity contribution is -0.155. The Balaban J connectivity index is 1.85. The molecule has 1 aliphatic heterocycles. The van der Waals surface area contributed by atoms with Crippen molar-refractivity contribution in [3.8, 4) is 0 Å². The molecule has 0 unspecified atom stereocenters. The van der Waals surface area contributed by atoms with E-state index >= 15 is 0 Å². The van der Waals surface area contributed by atoms with Crippen LogP contribution in [0.2, 0.25) is 0 Å². The molecule has 0 aromatic rings. The van der Waals surface area contributed by atoms with Crippen LogP contribution >= 0.6 is 0 Å². The van der Waals surface area contributed by atoms with Gasteiger partial charge in [-0.3, -0.25) is 14.4 Å². The molecule has 2 saturated carbocycles. The molecule has 0 aromatic heterocycles. The quantitative estimate of drug-likeness (QED) is 0.529. The van der Waals surface area contributed by atoms with Gasteiger partial charge in [0.2, 0.25) is 0 Å². The Kier molecular flexibility index (Phi) is 2.76. The van der Waals surface area contributed by atoms with Crippen LogP contribution in [0.5, 0.6) is 0 Å². The molecule has 0 amide bonds. The van der Waals surface area contributed by atoms with E-state index in [1.54, 1.807) is 0 Å². The zero-order chi connectivity index (χ0) is 13.7. The average Bonchev–Trinajstić information content (AvgIpc) is 2.89. The van der Waals surface area contributed by atoms with E-state index in [1.807, 2.05) is 0 Å². The SMILES string of the molecule is CC(=O)O[C@@H]1[C@H]2C[C@@H](OC(C)=O)[C@@H]1[C@@H]1COC(=O)[C@H]21. The van der Waals surface area contributed by atoms with Crippen LogP contribution in [-0.4, -0.2) is 36.7 Å². The van der Waals surface area contributed by atoms with Crippen molar-refractivity contribution >= 4 is 17.9 Å². The van der Waals surface area contributed by atoms with Crippen molar-refractivity contribution in [2.24, 2.45) is 23.7 Å². The van der Waals surface area contributed by atoms with Crippen molar-refractivity contribution in [2.75, 3.05) is 6.61 Å². The van der Waals surface area contributed by atoms with Crippen LogP contribution in [-0.2, 0) is 28.6 Å². The van der Waals surface area contributed by atoms with Crippen LogP contribution in [0.25, 0.3) is 0 Å². The number of carbonyl (C=O) groups excluding carboxylic acids is 3. The number of hydrogen-bond acceptors (Lipinski definition) is 6. The summed E-state index contributed by atoms with van der Waals surface area (Å²) in [5.41, 5.74) is 0. The lowest BCUT2D eigenvalue weighted by Crippen LogP contribution is -2.35. The third-order valence-electron chi connectivity index (χ3n) is 4.46. The number of cyclic esters (lactones) is 1. The molecule has 3 fully saturated rings. The van der Waals surface area contributed by atoms with Gasteiger partial charge in [0.1, 0.15) is 12.2 Å². The Labute approximate surface area is 110 Å². The van der Waals surface area contributed by atoms with Gasteiger partial charge < -0.3 is 14.2 Å². The summed E-state index contributed by atoms with van der Waals surface area (Å²) in [6.45, 7) is 3.05. The van der Waals surface area contributed by atoms with E-state index in [2.05, 4.69) is 0 Å². The molecule has 0 radical (unpaired) electrons. The molecule has 0 N–H and O–H groups in total. The highest BCUT2D eigenvalue weighted by Crippen LogP contribution is 2.57. The normalized spacial score (nSPS) is 42.7. The van der Waals surface area contributed by atoms with Gasteiger partial charge in [0.25, 0.3) is 0 Å². The maximum atomic E-state index is 11.7. The summed E-state index contributed by atoms with van der Waals surface area (Å²) in [6.07, 6.45) is -0.0364.